The fourth-order valence-corrected chi connectivity index (χ4v) is 14.0. The van der Waals surface area contributed by atoms with Crippen molar-refractivity contribution in [3.63, 3.8) is 0 Å². The molecule has 4 atom stereocenters. The number of aliphatic hydroxyl groups excluding tert-OH is 1. The summed E-state index contributed by atoms with van der Waals surface area (Å²) in [5.41, 5.74) is 0.167. The van der Waals surface area contributed by atoms with Crippen molar-refractivity contribution in [2.24, 2.45) is 0 Å². The van der Waals surface area contributed by atoms with Gasteiger partial charge in [-0.1, -0.05) is 60.7 Å². The lowest BCUT2D eigenvalue weighted by molar-refractivity contribution is -0.321. The van der Waals surface area contributed by atoms with E-state index in [1.165, 1.54) is 20.0 Å². The van der Waals surface area contributed by atoms with Gasteiger partial charge in [0, 0.05) is 26.1 Å². The van der Waals surface area contributed by atoms with Gasteiger partial charge in [-0.05, 0) is 50.4 Å². The fraction of sp³-hybridized carbons (Fsp3) is 0.514. The maximum Gasteiger partial charge on any atom is 0.659 e. The first-order valence-corrected chi connectivity index (χ1v) is 26.9. The van der Waals surface area contributed by atoms with Crippen LogP contribution in [0.1, 0.15) is 37.3 Å². The molecule has 2 aromatic carbocycles. The quantitative estimate of drug-likeness (QED) is 0.0643. The van der Waals surface area contributed by atoms with Crippen LogP contribution >= 0.6 is 0 Å². The first-order valence-electron chi connectivity index (χ1n) is 18.5. The Hall–Kier alpha value is -3.65. The average Bonchev–Trinajstić information content (AvgIpc) is 3.42. The van der Waals surface area contributed by atoms with Gasteiger partial charge in [-0.15, -0.1) is 0 Å². The van der Waals surface area contributed by atoms with Crippen LogP contribution in [0.4, 0.5) is 0 Å². The van der Waals surface area contributed by atoms with Gasteiger partial charge >= 0.3 is 26.7 Å². The molecular formula is C37H54N2O15Si3. The van der Waals surface area contributed by atoms with Crippen molar-refractivity contribution in [1.82, 2.24) is 9.55 Å². The van der Waals surface area contributed by atoms with Crippen molar-refractivity contribution in [2.75, 3.05) is 33.0 Å². The van der Waals surface area contributed by atoms with Gasteiger partial charge in [-0.3, -0.25) is 23.9 Å². The molecule has 1 aliphatic rings. The van der Waals surface area contributed by atoms with E-state index in [0.717, 1.165) is 21.8 Å². The van der Waals surface area contributed by atoms with E-state index in [4.69, 9.17) is 45.5 Å². The molecule has 0 spiro atoms. The minimum absolute atomic E-state index is 0.153. The summed E-state index contributed by atoms with van der Waals surface area (Å²) in [5.74, 6) is -1.07. The highest BCUT2D eigenvalue weighted by Crippen LogP contribution is 2.36. The van der Waals surface area contributed by atoms with Crippen molar-refractivity contribution >= 4 is 37.6 Å². The second kappa shape index (κ2) is 20.9. The topological polar surface area (TPSA) is 202 Å². The van der Waals surface area contributed by atoms with E-state index in [0.29, 0.717) is 0 Å². The number of ether oxygens (including phenoxy) is 6. The van der Waals surface area contributed by atoms with Gasteiger partial charge in [0.25, 0.3) is 12.0 Å². The van der Waals surface area contributed by atoms with Crippen molar-refractivity contribution in [1.29, 1.82) is 0 Å². The molecule has 0 amide bonds. The van der Waals surface area contributed by atoms with E-state index in [1.807, 2.05) is 99.9 Å². The molecule has 314 valence electrons. The molecule has 3 aromatic rings. The Morgan fingerprint density at radius 3 is 1.75 bits per heavy atom. The molecule has 0 bridgehead atoms. The molecule has 20 heteroatoms. The zero-order valence-corrected chi connectivity index (χ0v) is 36.5. The van der Waals surface area contributed by atoms with Crippen molar-refractivity contribution in [2.45, 2.75) is 90.2 Å². The molecule has 1 fully saturated rings. The predicted molar refractivity (Wildman–Crippen MR) is 211 cm³/mol. The van der Waals surface area contributed by atoms with Gasteiger partial charge in [0.05, 0.1) is 19.8 Å². The lowest BCUT2D eigenvalue weighted by Gasteiger charge is -2.40. The number of carbonyl (C=O) groups is 2. The maximum atomic E-state index is 13.1. The van der Waals surface area contributed by atoms with Crippen LogP contribution in [0.25, 0.3) is 0 Å². The number of aromatic amines is 1. The van der Waals surface area contributed by atoms with E-state index < -0.39 is 86.0 Å². The second-order valence-electron chi connectivity index (χ2n) is 14.9. The SMILES string of the molecule is CC(=O)OCCOC(OCCOC(C)=O)O[C@@H]1[C@H](O)[C@@H](CO[Si](OC(c2ccccc2)c2ccccc2)(O[Si](C)(C)C)O[Si](C)(C)C)O[C@H]1n1ccc(=O)[nH]c1=O. The van der Waals surface area contributed by atoms with Crippen molar-refractivity contribution < 1.29 is 60.2 Å². The number of hydrogen-bond donors (Lipinski definition) is 2. The highest BCUT2D eigenvalue weighted by Gasteiger charge is 2.56. The number of carbonyl (C=O) groups excluding carboxylic acids is 2. The lowest BCUT2D eigenvalue weighted by Crippen LogP contribution is -2.60. The van der Waals surface area contributed by atoms with Gasteiger partial charge in [0.15, 0.2) is 22.9 Å². The number of benzene rings is 2. The fourth-order valence-electron chi connectivity index (χ4n) is 5.59. The van der Waals surface area contributed by atoms with E-state index in [1.54, 1.807) is 0 Å². The van der Waals surface area contributed by atoms with Crippen molar-refractivity contribution in [3.05, 3.63) is 105 Å². The third-order valence-electron chi connectivity index (χ3n) is 7.75. The Kier molecular flexibility index (Phi) is 16.9. The number of aromatic nitrogens is 2. The third kappa shape index (κ3) is 14.9. The largest absolute Gasteiger partial charge is 0.659 e. The molecule has 0 aliphatic carbocycles. The zero-order chi connectivity index (χ0) is 41.8. The van der Waals surface area contributed by atoms with Crippen LogP contribution in [0.5, 0.6) is 0 Å². The van der Waals surface area contributed by atoms with Crippen LogP contribution in [-0.2, 0) is 55.1 Å². The second-order valence-corrected chi connectivity index (χ2v) is 26.6. The first-order chi connectivity index (χ1) is 26.8. The normalized spacial score (nSPS) is 18.9. The summed E-state index contributed by atoms with van der Waals surface area (Å²) in [4.78, 5) is 50.0. The van der Waals surface area contributed by atoms with Crippen LogP contribution in [0, 0.1) is 0 Å². The molecule has 4 rings (SSSR count). The summed E-state index contributed by atoms with van der Waals surface area (Å²) in [7, 11) is -9.20. The van der Waals surface area contributed by atoms with Crippen molar-refractivity contribution in [3.8, 4) is 0 Å². The summed E-state index contributed by atoms with van der Waals surface area (Å²) in [6.07, 6.45) is -4.92. The van der Waals surface area contributed by atoms with E-state index in [2.05, 4.69) is 4.98 Å². The number of rotatable bonds is 22. The van der Waals surface area contributed by atoms with Crippen LogP contribution in [-0.4, -0.2) is 110 Å². The summed E-state index contributed by atoms with van der Waals surface area (Å²) in [6.45, 7) is 11.8. The van der Waals surface area contributed by atoms with Gasteiger partial charge in [0.1, 0.15) is 37.6 Å². The maximum absolute atomic E-state index is 13.1. The number of aliphatic hydroxyl groups is 1. The van der Waals surface area contributed by atoms with Gasteiger partial charge in [-0.2, -0.15) is 0 Å². The summed E-state index contributed by atoms with van der Waals surface area (Å²) >= 11 is 0. The van der Waals surface area contributed by atoms with E-state index in [9.17, 15) is 24.3 Å². The molecule has 1 aliphatic heterocycles. The molecular weight excluding hydrogens is 797 g/mol. The molecule has 17 nitrogen and oxygen atoms in total. The Morgan fingerprint density at radius 2 is 1.30 bits per heavy atom. The Morgan fingerprint density at radius 1 is 0.789 bits per heavy atom. The Bertz CT molecular complexity index is 1760. The number of hydrogen-bond acceptors (Lipinski definition) is 15. The molecule has 1 saturated heterocycles. The molecule has 0 saturated carbocycles. The van der Waals surface area contributed by atoms with Gasteiger partial charge in [0.2, 0.25) is 0 Å². The van der Waals surface area contributed by atoms with Gasteiger partial charge in [-0.25, -0.2) is 4.79 Å². The minimum atomic E-state index is -4.18. The molecule has 57 heavy (non-hydrogen) atoms. The van der Waals surface area contributed by atoms with Gasteiger partial charge < -0.3 is 50.6 Å². The smallest absolute Gasteiger partial charge is 0.463 e. The summed E-state index contributed by atoms with van der Waals surface area (Å²) in [6, 6.07) is 20.3. The number of H-pyrrole nitrogens is 1. The van der Waals surface area contributed by atoms with Crippen LogP contribution in [0.15, 0.2) is 82.5 Å². The first kappa shape index (κ1) is 46.0. The standard InChI is InChI=1S/C37H54N2O15Si3/c1-26(40)45-21-23-47-37(48-24-22-46-27(2)41)51-34-32(43)30(50-35(34)39-20-19-31(42)38-36(39)44)25-49-57(53-55(3,4)5,54-56(6,7)8)52-33(28-15-11-9-12-16-28)29-17-13-10-14-18-29/h9-20,30,32-35,37,43H,21-25H2,1-8H3,(H,38,42,44)/t30-,32-,34-,35-/m1/s1. The Balaban J connectivity index is 1.70. The molecule has 2 heterocycles. The molecule has 0 unspecified atom stereocenters. The van der Waals surface area contributed by atoms with E-state index in [-0.39, 0.29) is 33.0 Å². The van der Waals surface area contributed by atoms with E-state index >= 15 is 0 Å². The predicted octanol–water partition coefficient (Wildman–Crippen LogP) is 3.58. The number of esters is 2. The zero-order valence-electron chi connectivity index (χ0n) is 33.5. The number of nitrogens with zero attached hydrogens (tertiary/aromatic N) is 1. The highest BCUT2D eigenvalue weighted by molar-refractivity contribution is 6.83. The lowest BCUT2D eigenvalue weighted by atomic mass is 10.0. The Labute approximate surface area is 334 Å². The van der Waals surface area contributed by atoms with Crippen LogP contribution in [0.3, 0.4) is 0 Å². The van der Waals surface area contributed by atoms with Crippen LogP contribution < -0.4 is 11.2 Å². The number of nitrogens with one attached hydrogen (secondary N) is 1. The highest BCUT2D eigenvalue weighted by atomic mass is 28.5. The monoisotopic (exact) mass is 850 g/mol. The summed E-state index contributed by atoms with van der Waals surface area (Å²) < 4.78 is 62.1. The minimum Gasteiger partial charge on any atom is -0.463 e. The summed E-state index contributed by atoms with van der Waals surface area (Å²) in [5, 5.41) is 11.9. The molecule has 1 aromatic heterocycles. The average molecular weight is 851 g/mol. The molecule has 2 N–H and O–H groups in total. The van der Waals surface area contributed by atoms with Crippen LogP contribution in [0.2, 0.25) is 39.3 Å². The third-order valence-corrected chi connectivity index (χ3v) is 15.7. The molecule has 0 radical (unpaired) electrons.